The molecule has 1 atom stereocenters. The maximum atomic E-state index is 12.4. The molecule has 1 aliphatic heterocycles. The van der Waals surface area contributed by atoms with Crippen molar-refractivity contribution in [3.63, 3.8) is 0 Å². The first-order valence-electron chi connectivity index (χ1n) is 6.81. The van der Waals surface area contributed by atoms with Crippen molar-refractivity contribution in [3.05, 3.63) is 16.1 Å². The third kappa shape index (κ3) is 3.34. The molecule has 1 unspecified atom stereocenters. The van der Waals surface area contributed by atoms with Gasteiger partial charge in [0.2, 0.25) is 5.91 Å². The van der Waals surface area contributed by atoms with E-state index < -0.39 is 0 Å². The van der Waals surface area contributed by atoms with E-state index in [4.69, 9.17) is 5.73 Å². The van der Waals surface area contributed by atoms with E-state index in [2.05, 4.69) is 10.3 Å². The van der Waals surface area contributed by atoms with Crippen LogP contribution in [0.4, 0.5) is 0 Å². The highest BCUT2D eigenvalue weighted by molar-refractivity contribution is 7.09. The van der Waals surface area contributed by atoms with E-state index in [9.17, 15) is 9.59 Å². The molecule has 2 amide bonds. The smallest absolute Gasteiger partial charge is 0.273 e. The Morgan fingerprint density at radius 2 is 2.40 bits per heavy atom. The van der Waals surface area contributed by atoms with Gasteiger partial charge in [-0.3, -0.25) is 9.59 Å². The zero-order valence-corrected chi connectivity index (χ0v) is 12.4. The molecular weight excluding hydrogens is 276 g/mol. The number of hydrogen-bond acceptors (Lipinski definition) is 5. The minimum Gasteiger partial charge on any atom is -0.359 e. The number of aromatic nitrogens is 1. The molecule has 1 fully saturated rings. The van der Waals surface area contributed by atoms with E-state index in [1.807, 2.05) is 0 Å². The largest absolute Gasteiger partial charge is 0.359 e. The molecule has 6 nitrogen and oxygen atoms in total. The van der Waals surface area contributed by atoms with Gasteiger partial charge in [0.25, 0.3) is 5.91 Å². The molecular formula is C13H20N4O2S. The minimum atomic E-state index is -0.111. The summed E-state index contributed by atoms with van der Waals surface area (Å²) in [5.74, 6) is -0.192. The van der Waals surface area contributed by atoms with Gasteiger partial charge in [0.1, 0.15) is 5.69 Å². The van der Waals surface area contributed by atoms with Crippen LogP contribution in [-0.2, 0) is 11.2 Å². The van der Waals surface area contributed by atoms with Gasteiger partial charge in [-0.2, -0.15) is 0 Å². The maximum Gasteiger partial charge on any atom is 0.273 e. The summed E-state index contributed by atoms with van der Waals surface area (Å²) >= 11 is 1.46. The van der Waals surface area contributed by atoms with Crippen molar-refractivity contribution in [1.29, 1.82) is 0 Å². The monoisotopic (exact) mass is 296 g/mol. The van der Waals surface area contributed by atoms with E-state index in [-0.39, 0.29) is 17.7 Å². The first kappa shape index (κ1) is 14.9. The second kappa shape index (κ2) is 6.81. The summed E-state index contributed by atoms with van der Waals surface area (Å²) in [6, 6.07) is 0. The maximum absolute atomic E-state index is 12.4. The summed E-state index contributed by atoms with van der Waals surface area (Å²) in [5.41, 5.74) is 5.95. The number of carbonyl (C=O) groups excluding carboxylic acids is 2. The summed E-state index contributed by atoms with van der Waals surface area (Å²) in [6.45, 7) is 1.70. The fourth-order valence-corrected chi connectivity index (χ4v) is 3.18. The number of thiazole rings is 1. The Morgan fingerprint density at radius 1 is 1.60 bits per heavy atom. The number of piperidine rings is 1. The van der Waals surface area contributed by atoms with Crippen LogP contribution in [0.15, 0.2) is 5.38 Å². The fourth-order valence-electron chi connectivity index (χ4n) is 2.39. The lowest BCUT2D eigenvalue weighted by Gasteiger charge is -2.31. The zero-order valence-electron chi connectivity index (χ0n) is 11.6. The Bertz CT molecular complexity index is 488. The molecule has 0 aliphatic carbocycles. The summed E-state index contributed by atoms with van der Waals surface area (Å²) in [5, 5.41) is 5.31. The molecule has 3 N–H and O–H groups in total. The highest BCUT2D eigenvalue weighted by Crippen LogP contribution is 2.20. The van der Waals surface area contributed by atoms with Gasteiger partial charge in [-0.25, -0.2) is 4.98 Å². The Kier molecular flexibility index (Phi) is 5.08. The Hall–Kier alpha value is -1.47. The number of amides is 2. The molecule has 0 radical (unpaired) electrons. The van der Waals surface area contributed by atoms with Gasteiger partial charge in [0.05, 0.1) is 10.9 Å². The van der Waals surface area contributed by atoms with Crippen molar-refractivity contribution >= 4 is 23.2 Å². The van der Waals surface area contributed by atoms with Crippen LogP contribution in [0.25, 0.3) is 0 Å². The molecule has 2 rings (SSSR count). The van der Waals surface area contributed by atoms with Gasteiger partial charge in [0, 0.05) is 31.9 Å². The molecule has 0 aromatic carbocycles. The quantitative estimate of drug-likeness (QED) is 0.833. The van der Waals surface area contributed by atoms with Gasteiger partial charge >= 0.3 is 0 Å². The van der Waals surface area contributed by atoms with Crippen molar-refractivity contribution < 1.29 is 9.59 Å². The van der Waals surface area contributed by atoms with E-state index in [1.54, 1.807) is 17.3 Å². The normalized spacial score (nSPS) is 18.9. The van der Waals surface area contributed by atoms with Crippen molar-refractivity contribution in [3.8, 4) is 0 Å². The third-order valence-electron chi connectivity index (χ3n) is 3.45. The lowest BCUT2D eigenvalue weighted by Crippen LogP contribution is -2.44. The first-order valence-corrected chi connectivity index (χ1v) is 7.69. The number of rotatable bonds is 4. The van der Waals surface area contributed by atoms with Crippen molar-refractivity contribution in [2.45, 2.75) is 19.3 Å². The SMILES string of the molecule is CNC(=O)C1CCCN(C(=O)c2csc(CCN)n2)C1. The third-order valence-corrected chi connectivity index (χ3v) is 4.36. The molecule has 0 saturated carbocycles. The van der Waals surface area contributed by atoms with E-state index in [1.165, 1.54) is 11.3 Å². The van der Waals surface area contributed by atoms with Crippen LogP contribution in [0.1, 0.15) is 28.3 Å². The molecule has 1 aromatic rings. The van der Waals surface area contributed by atoms with Crippen molar-refractivity contribution in [2.24, 2.45) is 11.7 Å². The Balaban J connectivity index is 2.02. The number of carbonyl (C=O) groups is 2. The fraction of sp³-hybridized carbons (Fsp3) is 0.615. The van der Waals surface area contributed by atoms with Crippen LogP contribution in [0.5, 0.6) is 0 Å². The summed E-state index contributed by atoms with van der Waals surface area (Å²) in [6.07, 6.45) is 2.38. The van der Waals surface area contributed by atoms with E-state index >= 15 is 0 Å². The van der Waals surface area contributed by atoms with Crippen LogP contribution in [0.2, 0.25) is 0 Å². The highest BCUT2D eigenvalue weighted by atomic mass is 32.1. The number of nitrogens with two attached hydrogens (primary N) is 1. The number of hydrogen-bond donors (Lipinski definition) is 2. The van der Waals surface area contributed by atoms with Gasteiger partial charge < -0.3 is 16.0 Å². The minimum absolute atomic E-state index is 0.00426. The van der Waals surface area contributed by atoms with Crippen LogP contribution in [-0.4, -0.2) is 48.4 Å². The Morgan fingerprint density at radius 3 is 3.10 bits per heavy atom. The van der Waals surface area contributed by atoms with Gasteiger partial charge in [0.15, 0.2) is 0 Å². The molecule has 1 aliphatic rings. The molecule has 1 saturated heterocycles. The topological polar surface area (TPSA) is 88.3 Å². The van der Waals surface area contributed by atoms with Crippen LogP contribution < -0.4 is 11.1 Å². The second-order valence-electron chi connectivity index (χ2n) is 4.87. The molecule has 1 aromatic heterocycles. The predicted octanol–water partition coefficient (Wildman–Crippen LogP) is 0.243. The van der Waals surface area contributed by atoms with Crippen molar-refractivity contribution in [2.75, 3.05) is 26.7 Å². The molecule has 0 spiro atoms. The Labute approximate surface area is 122 Å². The van der Waals surface area contributed by atoms with Gasteiger partial charge in [-0.15, -0.1) is 11.3 Å². The number of nitrogens with one attached hydrogen (secondary N) is 1. The summed E-state index contributed by atoms with van der Waals surface area (Å²) < 4.78 is 0. The molecule has 0 bridgehead atoms. The predicted molar refractivity (Wildman–Crippen MR) is 77.6 cm³/mol. The average molecular weight is 296 g/mol. The number of nitrogens with zero attached hydrogens (tertiary/aromatic N) is 2. The average Bonchev–Trinajstić information content (AvgIpc) is 2.95. The van der Waals surface area contributed by atoms with Gasteiger partial charge in [-0.05, 0) is 19.4 Å². The lowest BCUT2D eigenvalue weighted by molar-refractivity contribution is -0.125. The van der Waals surface area contributed by atoms with Crippen LogP contribution in [0, 0.1) is 5.92 Å². The van der Waals surface area contributed by atoms with E-state index in [0.717, 1.165) is 17.8 Å². The summed E-state index contributed by atoms with van der Waals surface area (Å²) in [7, 11) is 1.63. The molecule has 110 valence electrons. The zero-order chi connectivity index (χ0) is 14.5. The second-order valence-corrected chi connectivity index (χ2v) is 5.81. The summed E-state index contributed by atoms with van der Waals surface area (Å²) in [4.78, 5) is 30.1. The van der Waals surface area contributed by atoms with Crippen LogP contribution in [0.3, 0.4) is 0 Å². The molecule has 7 heteroatoms. The highest BCUT2D eigenvalue weighted by Gasteiger charge is 2.29. The van der Waals surface area contributed by atoms with Crippen molar-refractivity contribution in [1.82, 2.24) is 15.2 Å². The van der Waals surface area contributed by atoms with Crippen LogP contribution >= 0.6 is 11.3 Å². The van der Waals surface area contributed by atoms with Gasteiger partial charge in [-0.1, -0.05) is 0 Å². The van der Waals surface area contributed by atoms with E-state index in [0.29, 0.717) is 31.7 Å². The standard InChI is InChI=1S/C13H20N4O2S/c1-15-12(18)9-3-2-6-17(7-9)13(19)10-8-20-11(16-10)4-5-14/h8-9H,2-7,14H2,1H3,(H,15,18). The number of likely N-dealkylation sites (tertiary alicyclic amines) is 1. The lowest BCUT2D eigenvalue weighted by atomic mass is 9.97. The first-order chi connectivity index (χ1) is 9.65. The molecule has 20 heavy (non-hydrogen) atoms. The molecule has 2 heterocycles.